The molecule has 2 spiro atoms. The maximum absolute atomic E-state index is 11.2. The van der Waals surface area contributed by atoms with Crippen LogP contribution in [0.25, 0.3) is 0 Å². The van der Waals surface area contributed by atoms with Crippen LogP contribution in [0, 0.1) is 58.2 Å². The van der Waals surface area contributed by atoms with E-state index in [1.165, 1.54) is 44.1 Å². The highest BCUT2D eigenvalue weighted by Gasteiger charge is 2.79. The van der Waals surface area contributed by atoms with Crippen LogP contribution in [-0.4, -0.2) is 33.6 Å². The first kappa shape index (κ1) is 25.4. The van der Waals surface area contributed by atoms with Crippen molar-refractivity contribution < 1.29 is 14.9 Å². The highest BCUT2D eigenvalue weighted by Crippen LogP contribution is 2.74. The predicted molar refractivity (Wildman–Crippen MR) is 159 cm³/mol. The lowest BCUT2D eigenvalue weighted by molar-refractivity contribution is -0.352. The number of hydrogen-bond acceptors (Lipinski definition) is 4. The molecule has 0 aromatic heterocycles. The minimum Gasteiger partial charge on any atom is -0.508 e. The van der Waals surface area contributed by atoms with Crippen LogP contribution in [0.2, 0.25) is 0 Å². The summed E-state index contributed by atoms with van der Waals surface area (Å²) in [6.45, 7) is 4.67. The van der Waals surface area contributed by atoms with Gasteiger partial charge in [-0.25, -0.2) is 0 Å². The number of aliphatic hydroxyl groups is 1. The quantitative estimate of drug-likeness (QED) is 0.287. The molecule has 10 rings (SSSR count). The average Bonchev–Trinajstić information content (AvgIpc) is 3.57. The first-order chi connectivity index (χ1) is 19.6. The lowest BCUT2D eigenvalue weighted by Gasteiger charge is -2.75. The Morgan fingerprint density at radius 2 is 1.83 bits per heavy atom. The summed E-state index contributed by atoms with van der Waals surface area (Å²) in [7, 11) is 0. The Bertz CT molecular complexity index is 1440. The molecule has 4 N–H and O–H groups in total. The Kier molecular flexibility index (Phi) is 4.90. The fraction of sp³-hybridized carbons (Fsp3) is 0.676. The number of allylic oxidation sites excluding steroid dienone is 3. The highest BCUT2D eigenvalue weighted by atomic mass is 16.5. The molecule has 0 amide bonds. The van der Waals surface area contributed by atoms with E-state index < -0.39 is 16.6 Å². The van der Waals surface area contributed by atoms with E-state index in [0.717, 1.165) is 24.8 Å². The molecule has 2 aliphatic heterocycles. The van der Waals surface area contributed by atoms with Gasteiger partial charge < -0.3 is 20.7 Å². The van der Waals surface area contributed by atoms with Gasteiger partial charge in [-0.1, -0.05) is 55.1 Å². The number of fused-ring (bicyclic) bond motifs is 11. The molecule has 10 bridgehead atoms. The molecule has 4 nitrogen and oxygen atoms in total. The van der Waals surface area contributed by atoms with E-state index >= 15 is 0 Å². The van der Waals surface area contributed by atoms with Crippen molar-refractivity contribution in [1.29, 1.82) is 0 Å². The Balaban J connectivity index is 1.32. The van der Waals surface area contributed by atoms with Gasteiger partial charge in [0.05, 0.1) is 29.6 Å². The number of nitrogens with two attached hydrogens (primary N) is 1. The van der Waals surface area contributed by atoms with E-state index in [1.807, 2.05) is 12.1 Å². The van der Waals surface area contributed by atoms with Gasteiger partial charge in [-0.3, -0.25) is 0 Å². The van der Waals surface area contributed by atoms with Crippen molar-refractivity contribution in [1.82, 2.24) is 0 Å². The zero-order valence-electron chi connectivity index (χ0n) is 24.6. The third kappa shape index (κ3) is 2.99. The van der Waals surface area contributed by atoms with Crippen LogP contribution in [-0.2, 0) is 4.74 Å². The Morgan fingerprint density at radius 3 is 2.63 bits per heavy atom. The van der Waals surface area contributed by atoms with Gasteiger partial charge in [-0.15, -0.1) is 0 Å². The molecule has 1 aromatic carbocycles. The van der Waals surface area contributed by atoms with Crippen molar-refractivity contribution in [3.8, 4) is 17.6 Å². The largest absolute Gasteiger partial charge is 0.508 e. The van der Waals surface area contributed by atoms with Gasteiger partial charge in [-0.05, 0) is 111 Å². The summed E-state index contributed by atoms with van der Waals surface area (Å²) in [5.41, 5.74) is 8.94. The second kappa shape index (κ2) is 7.90. The summed E-state index contributed by atoms with van der Waals surface area (Å²) in [5, 5.41) is 21.7. The molecule has 0 unspecified atom stereocenters. The maximum atomic E-state index is 11.2. The van der Waals surface area contributed by atoms with Crippen LogP contribution in [0.4, 0.5) is 0 Å². The second-order valence-electron chi connectivity index (χ2n) is 16.2. The van der Waals surface area contributed by atoms with Crippen molar-refractivity contribution in [2.75, 3.05) is 6.61 Å². The first-order valence-electron chi connectivity index (χ1n) is 16.5. The summed E-state index contributed by atoms with van der Waals surface area (Å²) in [5.74, 6) is 10.1. The minimum absolute atomic E-state index is 0.0720. The zero-order valence-corrected chi connectivity index (χ0v) is 24.6. The van der Waals surface area contributed by atoms with Gasteiger partial charge in [0.15, 0.2) is 0 Å². The number of hydrogen-bond donors (Lipinski definition) is 3. The summed E-state index contributed by atoms with van der Waals surface area (Å²) >= 11 is 0. The topological polar surface area (TPSA) is 75.7 Å². The number of benzene rings is 1. The normalized spacial score (nSPS) is 50.1. The SMILES string of the molecule is CC1(C)O[C@@]23C[C@@H]4[C@H]5C=C[C@](CO)(C5)[C@](N)([C@@H]2C#C[C@@H]2C=C[C@H](c5ccc(O)cc52)[C@@H]2C[C@H]3CC3(CCCC3)C2)[C@@H]41. The summed E-state index contributed by atoms with van der Waals surface area (Å²) in [6.07, 6.45) is 20.4. The monoisotopic (exact) mass is 551 g/mol. The second-order valence-corrected chi connectivity index (χ2v) is 16.2. The lowest BCUT2D eigenvalue weighted by Crippen LogP contribution is -2.85. The van der Waals surface area contributed by atoms with E-state index in [1.54, 1.807) is 0 Å². The van der Waals surface area contributed by atoms with Crippen molar-refractivity contribution in [3.63, 3.8) is 0 Å². The van der Waals surface area contributed by atoms with Crippen LogP contribution in [0.1, 0.15) is 94.6 Å². The maximum Gasteiger partial charge on any atom is 0.115 e. The van der Waals surface area contributed by atoms with E-state index in [0.29, 0.717) is 40.8 Å². The van der Waals surface area contributed by atoms with Gasteiger partial charge >= 0.3 is 0 Å². The van der Waals surface area contributed by atoms with Crippen molar-refractivity contribution in [2.24, 2.45) is 52.1 Å². The molecule has 2 heterocycles. The van der Waals surface area contributed by atoms with Gasteiger partial charge in [0.2, 0.25) is 0 Å². The lowest BCUT2D eigenvalue weighted by atomic mass is 9.36. The molecule has 4 heteroatoms. The fourth-order valence-corrected chi connectivity index (χ4v) is 12.9. The van der Waals surface area contributed by atoms with E-state index in [9.17, 15) is 10.2 Å². The van der Waals surface area contributed by atoms with Crippen molar-refractivity contribution >= 4 is 0 Å². The summed E-state index contributed by atoms with van der Waals surface area (Å²) in [6, 6.07) is 6.01. The molecule has 0 radical (unpaired) electrons. The molecule has 4 saturated carbocycles. The van der Waals surface area contributed by atoms with E-state index in [2.05, 4.69) is 56.1 Å². The zero-order chi connectivity index (χ0) is 28.0. The molecule has 216 valence electrons. The van der Waals surface area contributed by atoms with E-state index in [-0.39, 0.29) is 30.0 Å². The Morgan fingerprint density at radius 1 is 1.00 bits per heavy atom. The number of rotatable bonds is 1. The molecule has 41 heavy (non-hydrogen) atoms. The third-order valence-electron chi connectivity index (χ3n) is 14.1. The smallest absolute Gasteiger partial charge is 0.115 e. The Hall–Kier alpha value is -2.06. The summed E-state index contributed by atoms with van der Waals surface area (Å²) < 4.78 is 7.58. The molecule has 2 saturated heterocycles. The number of aliphatic hydroxyl groups excluding tert-OH is 1. The molecule has 9 aliphatic rings. The van der Waals surface area contributed by atoms with Crippen molar-refractivity contribution in [2.45, 2.75) is 100 Å². The molecule has 7 aliphatic carbocycles. The number of phenols is 1. The number of ether oxygens (including phenoxy) is 1. The van der Waals surface area contributed by atoms with Crippen LogP contribution >= 0.6 is 0 Å². The summed E-state index contributed by atoms with van der Waals surface area (Å²) in [4.78, 5) is 0. The molecule has 11 atom stereocenters. The van der Waals surface area contributed by atoms with Crippen LogP contribution in [0.15, 0.2) is 42.5 Å². The molecular weight excluding hydrogens is 506 g/mol. The van der Waals surface area contributed by atoms with Gasteiger partial charge in [0, 0.05) is 22.8 Å². The molecule has 6 fully saturated rings. The number of aromatic hydroxyl groups is 1. The van der Waals surface area contributed by atoms with Crippen LogP contribution < -0.4 is 5.73 Å². The van der Waals surface area contributed by atoms with Crippen LogP contribution in [0.5, 0.6) is 5.75 Å². The van der Waals surface area contributed by atoms with E-state index in [4.69, 9.17) is 10.5 Å². The van der Waals surface area contributed by atoms with Crippen LogP contribution in [0.3, 0.4) is 0 Å². The van der Waals surface area contributed by atoms with Gasteiger partial charge in [0.1, 0.15) is 5.75 Å². The predicted octanol–water partition coefficient (Wildman–Crippen LogP) is 6.19. The standard InChI is InChI=1S/C37H45NO3/c1-33(2)32-30-20-36(41-33)25-15-24(17-34(19-25)12-3-4-13-34)27-8-5-22(29-16-26(40)7-9-28(27)29)6-10-31(36)37(32,38)35(21-39)14-11-23(30)18-35/h5,7-9,11,14,16,22-25,27,30-32,39-40H,3-4,12-13,15,17-21,38H2,1-2H3/t22-,23-,24+,25-,27-,30+,31+,32-,35+,36+,37-/m0/s1. The Labute approximate surface area is 244 Å². The molecular formula is C37H45NO3. The van der Waals surface area contributed by atoms with Crippen molar-refractivity contribution in [3.05, 3.63) is 53.6 Å². The molecule has 1 aromatic rings. The average molecular weight is 552 g/mol. The third-order valence-corrected chi connectivity index (χ3v) is 14.1. The van der Waals surface area contributed by atoms with Gasteiger partial charge in [-0.2, -0.15) is 0 Å². The fourth-order valence-electron chi connectivity index (χ4n) is 12.9. The minimum atomic E-state index is -0.657. The van der Waals surface area contributed by atoms with Gasteiger partial charge in [0.25, 0.3) is 0 Å². The first-order valence-corrected chi connectivity index (χ1v) is 16.5. The number of phenolic OH excluding ortho intramolecular Hbond substituents is 1. The highest BCUT2D eigenvalue weighted by molar-refractivity contribution is 5.51.